The highest BCUT2D eigenvalue weighted by Crippen LogP contribution is 2.43. The number of rotatable bonds is 8. The number of carbonyl (C=O) groups excluding carboxylic acids is 2. The molecule has 6 rings (SSSR count). The first kappa shape index (κ1) is 27.6. The van der Waals surface area contributed by atoms with E-state index in [1.54, 1.807) is 11.1 Å². The molecule has 1 fully saturated rings. The first-order valence-corrected chi connectivity index (χ1v) is 14.7. The summed E-state index contributed by atoms with van der Waals surface area (Å²) in [6.07, 6.45) is 5.50. The average molecular weight is 557 g/mol. The highest BCUT2D eigenvalue weighted by Gasteiger charge is 2.50. The normalized spacial score (nSPS) is 18.2. The Morgan fingerprint density at radius 2 is 1.67 bits per heavy atom. The smallest absolute Gasteiger partial charge is 0.254 e. The van der Waals surface area contributed by atoms with Crippen molar-refractivity contribution in [3.8, 4) is 11.1 Å². The lowest BCUT2D eigenvalue weighted by molar-refractivity contribution is -0.131. The molecule has 6 nitrogen and oxygen atoms in total. The Morgan fingerprint density at radius 1 is 0.929 bits per heavy atom. The Labute approximate surface area is 247 Å². The van der Waals surface area contributed by atoms with Crippen molar-refractivity contribution in [1.29, 1.82) is 5.41 Å². The van der Waals surface area contributed by atoms with E-state index >= 15 is 0 Å². The Bertz CT molecular complexity index is 1620. The van der Waals surface area contributed by atoms with Gasteiger partial charge in [0.25, 0.3) is 5.91 Å². The lowest BCUT2D eigenvalue weighted by Crippen LogP contribution is -2.38. The highest BCUT2D eigenvalue weighted by molar-refractivity contribution is 6.10. The molecule has 1 atom stereocenters. The van der Waals surface area contributed by atoms with Crippen molar-refractivity contribution < 1.29 is 9.59 Å². The van der Waals surface area contributed by atoms with Gasteiger partial charge < -0.3 is 4.90 Å². The summed E-state index contributed by atoms with van der Waals surface area (Å²) in [6.45, 7) is 5.81. The van der Waals surface area contributed by atoms with Gasteiger partial charge in [-0.1, -0.05) is 74.5 Å². The predicted molar refractivity (Wildman–Crippen MR) is 165 cm³/mol. The van der Waals surface area contributed by atoms with Crippen LogP contribution in [-0.4, -0.2) is 32.4 Å². The van der Waals surface area contributed by atoms with E-state index in [-0.39, 0.29) is 18.4 Å². The SMILES string of the molecule is CC(C)CCC1(c2cccc(-c3cccnc3)c2)CC(=N)N(Cc2cccc(C(=O)N3Cc4ccccc4C3)c2)C1=O. The van der Waals surface area contributed by atoms with Crippen LogP contribution in [-0.2, 0) is 29.8 Å². The summed E-state index contributed by atoms with van der Waals surface area (Å²) < 4.78 is 0. The van der Waals surface area contributed by atoms with Crippen LogP contribution in [0.1, 0.15) is 65.7 Å². The van der Waals surface area contributed by atoms with Gasteiger partial charge in [0.15, 0.2) is 0 Å². The third-order valence-electron chi connectivity index (χ3n) is 8.65. The van der Waals surface area contributed by atoms with Gasteiger partial charge in [-0.25, -0.2) is 0 Å². The Balaban J connectivity index is 1.26. The fraction of sp³-hybridized carbons (Fsp3) is 0.278. The molecule has 0 aliphatic carbocycles. The molecular weight excluding hydrogens is 520 g/mol. The lowest BCUT2D eigenvalue weighted by Gasteiger charge is -2.29. The molecule has 1 aromatic heterocycles. The van der Waals surface area contributed by atoms with Crippen molar-refractivity contribution in [2.24, 2.45) is 5.92 Å². The Morgan fingerprint density at radius 3 is 2.38 bits per heavy atom. The molecular formula is C36H36N4O2. The van der Waals surface area contributed by atoms with Gasteiger partial charge >= 0.3 is 0 Å². The van der Waals surface area contributed by atoms with E-state index < -0.39 is 5.41 Å². The molecule has 0 bridgehead atoms. The highest BCUT2D eigenvalue weighted by atomic mass is 16.2. The second kappa shape index (κ2) is 11.4. The molecule has 2 amide bonds. The number of likely N-dealkylation sites (tertiary alicyclic amines) is 1. The molecule has 0 saturated carbocycles. The molecule has 2 aliphatic heterocycles. The number of nitrogens with zero attached hydrogens (tertiary/aromatic N) is 3. The molecule has 2 aliphatic rings. The van der Waals surface area contributed by atoms with Crippen LogP contribution in [0.3, 0.4) is 0 Å². The molecule has 3 heterocycles. The minimum atomic E-state index is -0.797. The quantitative estimate of drug-likeness (QED) is 0.254. The zero-order chi connectivity index (χ0) is 29.3. The molecule has 1 N–H and O–H groups in total. The monoisotopic (exact) mass is 556 g/mol. The van der Waals surface area contributed by atoms with Gasteiger partial charge in [-0.15, -0.1) is 0 Å². The fourth-order valence-corrected chi connectivity index (χ4v) is 6.28. The zero-order valence-corrected chi connectivity index (χ0v) is 24.2. The molecule has 212 valence electrons. The van der Waals surface area contributed by atoms with E-state index in [0.717, 1.165) is 28.7 Å². The average Bonchev–Trinajstić information content (AvgIpc) is 3.55. The van der Waals surface area contributed by atoms with Crippen molar-refractivity contribution in [3.05, 3.63) is 125 Å². The number of carbonyl (C=O) groups is 2. The van der Waals surface area contributed by atoms with Gasteiger partial charge in [0.05, 0.1) is 12.0 Å². The largest absolute Gasteiger partial charge is 0.330 e. The maximum absolute atomic E-state index is 14.4. The Kier molecular flexibility index (Phi) is 7.46. The molecule has 42 heavy (non-hydrogen) atoms. The molecule has 4 aromatic rings. The van der Waals surface area contributed by atoms with Crippen molar-refractivity contribution in [1.82, 2.24) is 14.8 Å². The zero-order valence-electron chi connectivity index (χ0n) is 24.2. The fourth-order valence-electron chi connectivity index (χ4n) is 6.28. The lowest BCUT2D eigenvalue weighted by atomic mass is 9.73. The Hall–Kier alpha value is -4.58. The summed E-state index contributed by atoms with van der Waals surface area (Å²) in [5.41, 5.74) is 5.98. The number of hydrogen-bond donors (Lipinski definition) is 1. The molecule has 0 spiro atoms. The predicted octanol–water partition coefficient (Wildman–Crippen LogP) is 6.99. The minimum Gasteiger partial charge on any atom is -0.330 e. The topological polar surface area (TPSA) is 77.4 Å². The van der Waals surface area contributed by atoms with E-state index in [1.165, 1.54) is 11.1 Å². The number of amides is 2. The number of fused-ring (bicyclic) bond motifs is 1. The van der Waals surface area contributed by atoms with Gasteiger partial charge in [-0.2, -0.15) is 0 Å². The maximum Gasteiger partial charge on any atom is 0.254 e. The van der Waals surface area contributed by atoms with Crippen LogP contribution in [0.2, 0.25) is 0 Å². The molecule has 6 heteroatoms. The van der Waals surface area contributed by atoms with Crippen LogP contribution in [0, 0.1) is 11.3 Å². The maximum atomic E-state index is 14.4. The van der Waals surface area contributed by atoms with E-state index in [1.807, 2.05) is 77.8 Å². The summed E-state index contributed by atoms with van der Waals surface area (Å²) in [6, 6.07) is 27.8. The van der Waals surface area contributed by atoms with Crippen LogP contribution in [0.25, 0.3) is 11.1 Å². The van der Waals surface area contributed by atoms with Gasteiger partial charge in [0, 0.05) is 37.5 Å². The van der Waals surface area contributed by atoms with E-state index in [9.17, 15) is 9.59 Å². The van der Waals surface area contributed by atoms with Crippen molar-refractivity contribution >= 4 is 17.6 Å². The second-order valence-corrected chi connectivity index (χ2v) is 12.0. The molecule has 1 unspecified atom stereocenters. The third kappa shape index (κ3) is 5.25. The minimum absolute atomic E-state index is 0.0191. The summed E-state index contributed by atoms with van der Waals surface area (Å²) in [5.74, 6) is 0.693. The van der Waals surface area contributed by atoms with Crippen LogP contribution in [0.5, 0.6) is 0 Å². The third-order valence-corrected chi connectivity index (χ3v) is 8.65. The van der Waals surface area contributed by atoms with Crippen molar-refractivity contribution in [2.75, 3.05) is 0 Å². The van der Waals surface area contributed by atoms with Crippen LogP contribution in [0.15, 0.2) is 97.3 Å². The summed E-state index contributed by atoms with van der Waals surface area (Å²) >= 11 is 0. The standard InChI is InChI=1S/C36H36N4O2/c1-25(2)15-16-36(32-14-6-11-27(19-32)29-13-7-17-38-21-29)20-33(37)40(35(36)42)22-26-8-5-12-28(18-26)34(41)39-23-30-9-3-4-10-31(30)24-39/h3-14,17-19,21,25,37H,15-16,20,22-24H2,1-2H3. The van der Waals surface area contributed by atoms with Crippen molar-refractivity contribution in [3.63, 3.8) is 0 Å². The number of pyridine rings is 1. The molecule has 1 saturated heterocycles. The molecule has 3 aromatic carbocycles. The summed E-state index contributed by atoms with van der Waals surface area (Å²) in [5, 5.41) is 8.96. The van der Waals surface area contributed by atoms with Crippen LogP contribution >= 0.6 is 0 Å². The number of amidine groups is 1. The van der Waals surface area contributed by atoms with E-state index in [0.29, 0.717) is 43.2 Å². The number of nitrogens with one attached hydrogen (secondary N) is 1. The van der Waals surface area contributed by atoms with Crippen LogP contribution in [0.4, 0.5) is 0 Å². The van der Waals surface area contributed by atoms with Crippen LogP contribution < -0.4 is 0 Å². The van der Waals surface area contributed by atoms with Gasteiger partial charge in [-0.05, 0) is 76.4 Å². The first-order chi connectivity index (χ1) is 20.3. The summed E-state index contributed by atoms with van der Waals surface area (Å²) in [7, 11) is 0. The first-order valence-electron chi connectivity index (χ1n) is 14.7. The second-order valence-electron chi connectivity index (χ2n) is 12.0. The van der Waals surface area contributed by atoms with E-state index in [4.69, 9.17) is 5.41 Å². The summed E-state index contributed by atoms with van der Waals surface area (Å²) in [4.78, 5) is 35.5. The van der Waals surface area contributed by atoms with Gasteiger partial charge in [-0.3, -0.25) is 24.9 Å². The number of benzene rings is 3. The van der Waals surface area contributed by atoms with Gasteiger partial charge in [0.1, 0.15) is 5.84 Å². The number of aromatic nitrogens is 1. The van der Waals surface area contributed by atoms with E-state index in [2.05, 4.69) is 37.0 Å². The van der Waals surface area contributed by atoms with Crippen molar-refractivity contribution in [2.45, 2.75) is 58.2 Å². The number of hydrogen-bond acceptors (Lipinski definition) is 4. The molecule has 0 radical (unpaired) electrons. The van der Waals surface area contributed by atoms with Gasteiger partial charge in [0.2, 0.25) is 5.91 Å².